The summed E-state index contributed by atoms with van der Waals surface area (Å²) in [5, 5.41) is 11.4. The van der Waals surface area contributed by atoms with Crippen LogP contribution in [0.5, 0.6) is 0 Å². The normalized spacial score (nSPS) is 11.4. The van der Waals surface area contributed by atoms with E-state index in [-0.39, 0.29) is 19.0 Å². The van der Waals surface area contributed by atoms with Crippen molar-refractivity contribution in [3.8, 4) is 11.1 Å². The summed E-state index contributed by atoms with van der Waals surface area (Å²) in [5.74, 6) is -0.833. The minimum absolute atomic E-state index is 0.120. The lowest BCUT2D eigenvalue weighted by molar-refractivity contribution is -0.137. The topological polar surface area (TPSA) is 86.1 Å². The molecule has 0 fully saturated rings. The quantitative estimate of drug-likeness (QED) is 0.259. The van der Waals surface area contributed by atoms with Crippen LogP contribution in [0.2, 0.25) is 0 Å². The Morgan fingerprint density at radius 2 is 1.55 bits per heavy atom. The standard InChI is InChI=1S/C30H23F3N4O3/c1-40-29(39)22-11-7-19(8-12-22)17-34-28(38)25-15-23(21-5-3-2-4-6-21)16-26-27(25)37(36-35-26)18-20-9-13-24(14-10-20)30(31,32)33/h2-16H,17-18H2,1H3,(H,34,38). The van der Waals surface area contributed by atoms with Gasteiger partial charge in [-0.05, 0) is 58.7 Å². The molecule has 0 saturated carbocycles. The zero-order valence-electron chi connectivity index (χ0n) is 21.3. The van der Waals surface area contributed by atoms with E-state index >= 15 is 0 Å². The van der Waals surface area contributed by atoms with Gasteiger partial charge in [0.2, 0.25) is 0 Å². The third kappa shape index (κ3) is 5.70. The largest absolute Gasteiger partial charge is 0.465 e. The third-order valence-corrected chi connectivity index (χ3v) is 6.40. The molecule has 0 aliphatic carbocycles. The number of aromatic nitrogens is 3. The zero-order valence-corrected chi connectivity index (χ0v) is 21.3. The first kappa shape index (κ1) is 26.6. The van der Waals surface area contributed by atoms with Crippen molar-refractivity contribution in [3.05, 3.63) is 119 Å². The number of methoxy groups -OCH3 is 1. The van der Waals surface area contributed by atoms with E-state index in [0.29, 0.717) is 27.7 Å². The predicted octanol–water partition coefficient (Wildman–Crippen LogP) is 5.88. The highest BCUT2D eigenvalue weighted by atomic mass is 19.4. The number of alkyl halides is 3. The second-order valence-electron chi connectivity index (χ2n) is 9.07. The van der Waals surface area contributed by atoms with Gasteiger partial charge in [0.25, 0.3) is 5.91 Å². The van der Waals surface area contributed by atoms with Crippen LogP contribution in [0.25, 0.3) is 22.2 Å². The minimum Gasteiger partial charge on any atom is -0.465 e. The number of nitrogens with zero attached hydrogens (tertiary/aromatic N) is 3. The van der Waals surface area contributed by atoms with Crippen LogP contribution in [0.15, 0.2) is 91.0 Å². The molecule has 202 valence electrons. The number of hydrogen-bond donors (Lipinski definition) is 1. The molecular formula is C30H23F3N4O3. The summed E-state index contributed by atoms with van der Waals surface area (Å²) in [5.41, 5.74) is 3.90. The second-order valence-corrected chi connectivity index (χ2v) is 9.07. The van der Waals surface area contributed by atoms with Crippen molar-refractivity contribution in [1.82, 2.24) is 20.3 Å². The van der Waals surface area contributed by atoms with E-state index in [2.05, 4.69) is 15.6 Å². The van der Waals surface area contributed by atoms with Crippen LogP contribution < -0.4 is 5.32 Å². The number of fused-ring (bicyclic) bond motifs is 1. The van der Waals surface area contributed by atoms with Gasteiger partial charge in [-0.15, -0.1) is 5.10 Å². The van der Waals surface area contributed by atoms with Gasteiger partial charge >= 0.3 is 12.1 Å². The molecule has 1 amide bonds. The van der Waals surface area contributed by atoms with Gasteiger partial charge in [0, 0.05) is 6.54 Å². The zero-order chi connectivity index (χ0) is 28.3. The van der Waals surface area contributed by atoms with Gasteiger partial charge in [0.1, 0.15) is 11.0 Å². The first-order chi connectivity index (χ1) is 19.2. The van der Waals surface area contributed by atoms with Gasteiger partial charge in [-0.2, -0.15) is 13.2 Å². The molecule has 10 heteroatoms. The fourth-order valence-electron chi connectivity index (χ4n) is 4.32. The molecule has 0 spiro atoms. The summed E-state index contributed by atoms with van der Waals surface area (Å²) in [4.78, 5) is 25.2. The number of hydrogen-bond acceptors (Lipinski definition) is 5. The van der Waals surface area contributed by atoms with Crippen molar-refractivity contribution in [2.45, 2.75) is 19.3 Å². The average molecular weight is 545 g/mol. The van der Waals surface area contributed by atoms with E-state index in [0.717, 1.165) is 28.8 Å². The molecule has 1 aromatic heterocycles. The molecule has 1 heterocycles. The van der Waals surface area contributed by atoms with E-state index in [4.69, 9.17) is 4.74 Å². The summed E-state index contributed by atoms with van der Waals surface area (Å²) >= 11 is 0. The number of nitrogens with one attached hydrogen (secondary N) is 1. The van der Waals surface area contributed by atoms with Crippen LogP contribution in [-0.2, 0) is 24.0 Å². The molecule has 4 aromatic carbocycles. The number of ether oxygens (including phenoxy) is 1. The Balaban J connectivity index is 1.47. The van der Waals surface area contributed by atoms with Crippen LogP contribution in [0.1, 0.15) is 37.4 Å². The van der Waals surface area contributed by atoms with E-state index in [1.54, 1.807) is 30.3 Å². The lowest BCUT2D eigenvalue weighted by Gasteiger charge is -2.12. The highest BCUT2D eigenvalue weighted by Gasteiger charge is 2.30. The van der Waals surface area contributed by atoms with Gasteiger partial charge < -0.3 is 10.1 Å². The van der Waals surface area contributed by atoms with Crippen molar-refractivity contribution in [3.63, 3.8) is 0 Å². The van der Waals surface area contributed by atoms with Gasteiger partial charge in [-0.3, -0.25) is 4.79 Å². The monoisotopic (exact) mass is 544 g/mol. The smallest absolute Gasteiger partial charge is 0.416 e. The molecule has 0 aliphatic heterocycles. The fraction of sp³-hybridized carbons (Fsp3) is 0.133. The highest BCUT2D eigenvalue weighted by Crippen LogP contribution is 2.30. The van der Waals surface area contributed by atoms with Crippen molar-refractivity contribution < 1.29 is 27.5 Å². The van der Waals surface area contributed by atoms with Gasteiger partial charge in [0.05, 0.1) is 30.3 Å². The first-order valence-corrected chi connectivity index (χ1v) is 12.3. The Hall–Kier alpha value is -4.99. The molecule has 0 atom stereocenters. The molecule has 1 N–H and O–H groups in total. The molecule has 40 heavy (non-hydrogen) atoms. The summed E-state index contributed by atoms with van der Waals surface area (Å²) < 4.78 is 45.2. The summed E-state index contributed by atoms with van der Waals surface area (Å²) in [6, 6.07) is 24.5. The maximum absolute atomic E-state index is 13.5. The number of esters is 1. The summed E-state index contributed by atoms with van der Waals surface area (Å²) in [6.07, 6.45) is -4.43. The SMILES string of the molecule is COC(=O)c1ccc(CNC(=O)c2cc(-c3ccccc3)cc3nnn(Cc4ccc(C(F)(F)F)cc4)c23)cc1. The number of benzene rings is 4. The van der Waals surface area contributed by atoms with Gasteiger partial charge in [-0.1, -0.05) is 59.8 Å². The summed E-state index contributed by atoms with van der Waals surface area (Å²) in [7, 11) is 1.30. The maximum atomic E-state index is 13.5. The van der Waals surface area contributed by atoms with Crippen molar-refractivity contribution in [1.29, 1.82) is 0 Å². The highest BCUT2D eigenvalue weighted by molar-refractivity contribution is 6.06. The average Bonchev–Trinajstić information content (AvgIpc) is 3.38. The van der Waals surface area contributed by atoms with Crippen molar-refractivity contribution in [2.75, 3.05) is 7.11 Å². The molecule has 0 radical (unpaired) electrons. The lowest BCUT2D eigenvalue weighted by Crippen LogP contribution is -2.24. The van der Waals surface area contributed by atoms with Gasteiger partial charge in [0.15, 0.2) is 0 Å². The molecule has 0 bridgehead atoms. The predicted molar refractivity (Wildman–Crippen MR) is 142 cm³/mol. The Morgan fingerprint density at radius 3 is 2.20 bits per heavy atom. The van der Waals surface area contributed by atoms with Crippen LogP contribution in [-0.4, -0.2) is 34.0 Å². The first-order valence-electron chi connectivity index (χ1n) is 12.3. The number of amides is 1. The Morgan fingerprint density at radius 1 is 0.875 bits per heavy atom. The third-order valence-electron chi connectivity index (χ3n) is 6.40. The number of rotatable bonds is 7. The Bertz CT molecular complexity index is 1660. The number of halogens is 3. The Labute approximate surface area is 227 Å². The molecule has 5 aromatic rings. The maximum Gasteiger partial charge on any atom is 0.416 e. The molecule has 0 aliphatic rings. The van der Waals surface area contributed by atoms with Gasteiger partial charge in [-0.25, -0.2) is 9.48 Å². The minimum atomic E-state index is -4.43. The van der Waals surface area contributed by atoms with E-state index in [1.165, 1.54) is 23.9 Å². The van der Waals surface area contributed by atoms with Crippen LogP contribution in [0.3, 0.4) is 0 Å². The molecule has 0 unspecified atom stereocenters. The molecular weight excluding hydrogens is 521 g/mol. The Kier molecular flexibility index (Phi) is 7.33. The molecule has 0 saturated heterocycles. The van der Waals surface area contributed by atoms with Crippen molar-refractivity contribution >= 4 is 22.9 Å². The summed E-state index contributed by atoms with van der Waals surface area (Å²) in [6.45, 7) is 0.312. The van der Waals surface area contributed by atoms with Crippen LogP contribution in [0.4, 0.5) is 13.2 Å². The number of carbonyl (C=O) groups excluding carboxylic acids is 2. The fourth-order valence-corrected chi connectivity index (χ4v) is 4.32. The lowest BCUT2D eigenvalue weighted by atomic mass is 10.0. The molecule has 5 rings (SSSR count). The van der Waals surface area contributed by atoms with E-state index in [9.17, 15) is 22.8 Å². The van der Waals surface area contributed by atoms with Crippen molar-refractivity contribution in [2.24, 2.45) is 0 Å². The van der Waals surface area contributed by atoms with E-state index in [1.807, 2.05) is 36.4 Å². The second kappa shape index (κ2) is 11.0. The van der Waals surface area contributed by atoms with E-state index < -0.39 is 17.7 Å². The molecule has 7 nitrogen and oxygen atoms in total. The van der Waals surface area contributed by atoms with Crippen LogP contribution >= 0.6 is 0 Å². The number of carbonyl (C=O) groups is 2. The van der Waals surface area contributed by atoms with Crippen LogP contribution in [0, 0.1) is 0 Å².